The number of cyclic esters (lactones) is 2. The van der Waals surface area contributed by atoms with Crippen molar-refractivity contribution < 1.29 is 14.3 Å². The minimum Gasteiger partial charge on any atom is -0.391 e. The molecule has 0 radical (unpaired) electrons. The number of allylic oxidation sites excluding steroid dienone is 1. The maximum atomic E-state index is 11.3. The van der Waals surface area contributed by atoms with E-state index in [0.29, 0.717) is 6.42 Å². The van der Waals surface area contributed by atoms with Gasteiger partial charge in [0.1, 0.15) is 0 Å². The molecule has 13 heavy (non-hydrogen) atoms. The molecule has 1 saturated heterocycles. The molecule has 0 N–H and O–H groups in total. The molecule has 0 aromatic carbocycles. The van der Waals surface area contributed by atoms with Gasteiger partial charge in [0.25, 0.3) is 0 Å². The molecule has 1 atom stereocenters. The average Bonchev–Trinajstić information content (AvgIpc) is 2.18. The molecule has 2 rings (SSSR count). The average molecular weight is 180 g/mol. The molecule has 3 heteroatoms. The molecule has 2 fully saturated rings. The Morgan fingerprint density at radius 3 is 2.54 bits per heavy atom. The smallest absolute Gasteiger partial charge is 0.331 e. The van der Waals surface area contributed by atoms with Gasteiger partial charge in [-0.3, -0.25) is 9.59 Å². The third-order valence-electron chi connectivity index (χ3n) is 3.17. The predicted octanol–water partition coefficient (Wildman–Crippen LogP) is 1.43. The maximum absolute atomic E-state index is 11.3. The van der Waals surface area contributed by atoms with Crippen molar-refractivity contribution in [2.45, 2.75) is 25.7 Å². The number of hydrogen-bond donors (Lipinski definition) is 0. The van der Waals surface area contributed by atoms with Gasteiger partial charge in [0, 0.05) is 5.92 Å². The zero-order valence-corrected chi connectivity index (χ0v) is 7.41. The number of carbonyl (C=O) groups excluding carboxylic acids is 2. The van der Waals surface area contributed by atoms with Crippen molar-refractivity contribution in [1.82, 2.24) is 0 Å². The van der Waals surface area contributed by atoms with Gasteiger partial charge in [-0.1, -0.05) is 18.9 Å². The highest BCUT2D eigenvalue weighted by Gasteiger charge is 2.62. The molecule has 0 aromatic heterocycles. The van der Waals surface area contributed by atoms with Crippen molar-refractivity contribution in [1.29, 1.82) is 0 Å². The summed E-state index contributed by atoms with van der Waals surface area (Å²) in [5, 5.41) is 0. The fourth-order valence-corrected chi connectivity index (χ4v) is 2.33. The second-order valence-electron chi connectivity index (χ2n) is 3.74. The van der Waals surface area contributed by atoms with Crippen LogP contribution < -0.4 is 0 Å². The van der Waals surface area contributed by atoms with E-state index in [1.54, 1.807) is 6.08 Å². The van der Waals surface area contributed by atoms with Gasteiger partial charge in [0.2, 0.25) is 0 Å². The van der Waals surface area contributed by atoms with Crippen molar-refractivity contribution in [3.05, 3.63) is 12.7 Å². The molecule has 1 saturated carbocycles. The van der Waals surface area contributed by atoms with Crippen molar-refractivity contribution in [2.75, 3.05) is 0 Å². The fourth-order valence-electron chi connectivity index (χ4n) is 2.33. The zero-order chi connectivity index (χ0) is 9.47. The normalized spacial score (nSPS) is 30.9. The van der Waals surface area contributed by atoms with E-state index in [1.807, 2.05) is 0 Å². The number of carbonyl (C=O) groups is 2. The topological polar surface area (TPSA) is 43.4 Å². The second kappa shape index (κ2) is 2.69. The van der Waals surface area contributed by atoms with Gasteiger partial charge in [-0.2, -0.15) is 0 Å². The van der Waals surface area contributed by atoms with E-state index in [1.165, 1.54) is 0 Å². The van der Waals surface area contributed by atoms with Crippen LogP contribution in [0.25, 0.3) is 0 Å². The van der Waals surface area contributed by atoms with Crippen LogP contribution in [0, 0.1) is 11.3 Å². The van der Waals surface area contributed by atoms with Crippen molar-refractivity contribution in [3.63, 3.8) is 0 Å². The first-order valence-electron chi connectivity index (χ1n) is 4.61. The van der Waals surface area contributed by atoms with Gasteiger partial charge in [-0.15, -0.1) is 6.58 Å². The summed E-state index contributed by atoms with van der Waals surface area (Å²) in [6, 6.07) is 0. The maximum Gasteiger partial charge on any atom is 0.331 e. The van der Waals surface area contributed by atoms with Gasteiger partial charge in [0.05, 0.1) is 0 Å². The van der Waals surface area contributed by atoms with Crippen LogP contribution in [-0.2, 0) is 14.3 Å². The van der Waals surface area contributed by atoms with E-state index in [-0.39, 0.29) is 17.9 Å². The number of ether oxygens (including phenoxy) is 1. The summed E-state index contributed by atoms with van der Waals surface area (Å²) in [6.45, 7) is 3.67. The highest BCUT2D eigenvalue weighted by atomic mass is 16.6. The third-order valence-corrected chi connectivity index (χ3v) is 3.17. The van der Waals surface area contributed by atoms with Crippen LogP contribution in [0.4, 0.5) is 0 Å². The Bertz CT molecular complexity index is 266. The molecule has 70 valence electrons. The minimum absolute atomic E-state index is 0.00463. The van der Waals surface area contributed by atoms with E-state index < -0.39 is 5.41 Å². The van der Waals surface area contributed by atoms with Gasteiger partial charge >= 0.3 is 11.9 Å². The Morgan fingerprint density at radius 2 is 2.08 bits per heavy atom. The largest absolute Gasteiger partial charge is 0.391 e. The lowest BCUT2D eigenvalue weighted by atomic mass is 9.64. The first-order chi connectivity index (χ1) is 6.21. The molecule has 0 aromatic rings. The van der Waals surface area contributed by atoms with E-state index in [2.05, 4.69) is 11.3 Å². The first kappa shape index (κ1) is 8.48. The Hall–Kier alpha value is -1.12. The summed E-state index contributed by atoms with van der Waals surface area (Å²) in [5.41, 5.74) is -0.833. The standard InChI is InChI=1S/C10H12O3/c1-2-7-5-3-4-6-10(7)8(11)13-9(10)12/h2,7H,1,3-6H2. The Balaban J connectivity index is 2.31. The second-order valence-corrected chi connectivity index (χ2v) is 3.74. The Kier molecular flexibility index (Phi) is 1.75. The van der Waals surface area contributed by atoms with Gasteiger partial charge in [0.15, 0.2) is 5.41 Å². The fraction of sp³-hybridized carbons (Fsp3) is 0.600. The van der Waals surface area contributed by atoms with Crippen LogP contribution in [0.5, 0.6) is 0 Å². The summed E-state index contributed by atoms with van der Waals surface area (Å²) in [4.78, 5) is 22.6. The van der Waals surface area contributed by atoms with E-state index >= 15 is 0 Å². The molecular weight excluding hydrogens is 168 g/mol. The quantitative estimate of drug-likeness (QED) is 0.348. The van der Waals surface area contributed by atoms with Crippen LogP contribution in [0.1, 0.15) is 25.7 Å². The summed E-state index contributed by atoms with van der Waals surface area (Å²) < 4.78 is 4.44. The summed E-state index contributed by atoms with van der Waals surface area (Å²) in [7, 11) is 0. The molecule has 1 aliphatic heterocycles. The molecule has 0 amide bonds. The Labute approximate surface area is 76.8 Å². The first-order valence-corrected chi connectivity index (χ1v) is 4.61. The van der Waals surface area contributed by atoms with Crippen LogP contribution in [0.15, 0.2) is 12.7 Å². The monoisotopic (exact) mass is 180 g/mol. The van der Waals surface area contributed by atoms with E-state index in [0.717, 1.165) is 19.3 Å². The van der Waals surface area contributed by atoms with Gasteiger partial charge < -0.3 is 4.74 Å². The Morgan fingerprint density at radius 1 is 1.38 bits per heavy atom. The van der Waals surface area contributed by atoms with Crippen LogP contribution >= 0.6 is 0 Å². The van der Waals surface area contributed by atoms with Crippen LogP contribution in [0.3, 0.4) is 0 Å². The molecule has 1 spiro atoms. The number of rotatable bonds is 1. The lowest BCUT2D eigenvalue weighted by molar-refractivity contribution is -0.203. The van der Waals surface area contributed by atoms with Gasteiger partial charge in [-0.25, -0.2) is 0 Å². The highest BCUT2D eigenvalue weighted by molar-refractivity contribution is 6.14. The van der Waals surface area contributed by atoms with Crippen molar-refractivity contribution in [2.24, 2.45) is 11.3 Å². The zero-order valence-electron chi connectivity index (χ0n) is 7.41. The number of esters is 2. The van der Waals surface area contributed by atoms with E-state index in [4.69, 9.17) is 0 Å². The number of hydrogen-bond acceptors (Lipinski definition) is 3. The van der Waals surface area contributed by atoms with Crippen molar-refractivity contribution in [3.8, 4) is 0 Å². The molecular formula is C10H12O3. The summed E-state index contributed by atoms with van der Waals surface area (Å²) in [5.74, 6) is -0.695. The van der Waals surface area contributed by atoms with Crippen LogP contribution in [-0.4, -0.2) is 11.9 Å². The third kappa shape index (κ3) is 0.900. The molecule has 1 aliphatic carbocycles. The van der Waals surface area contributed by atoms with Crippen LogP contribution in [0.2, 0.25) is 0 Å². The molecule has 1 heterocycles. The van der Waals surface area contributed by atoms with Crippen molar-refractivity contribution >= 4 is 11.9 Å². The minimum atomic E-state index is -0.833. The summed E-state index contributed by atoms with van der Waals surface area (Å²) >= 11 is 0. The predicted molar refractivity (Wildman–Crippen MR) is 45.7 cm³/mol. The van der Waals surface area contributed by atoms with Gasteiger partial charge in [-0.05, 0) is 12.8 Å². The lowest BCUT2D eigenvalue weighted by Crippen LogP contribution is -2.58. The molecule has 1 unspecified atom stereocenters. The summed E-state index contributed by atoms with van der Waals surface area (Å²) in [6.07, 6.45) is 5.24. The highest BCUT2D eigenvalue weighted by Crippen LogP contribution is 2.48. The van der Waals surface area contributed by atoms with E-state index in [9.17, 15) is 9.59 Å². The molecule has 0 bridgehead atoms. The lowest BCUT2D eigenvalue weighted by Gasteiger charge is -2.43. The molecule has 3 nitrogen and oxygen atoms in total. The SMILES string of the molecule is C=CC1CCCCC12C(=O)OC2=O. The molecule has 2 aliphatic rings.